The topological polar surface area (TPSA) is 125 Å². The Bertz CT molecular complexity index is 1240. The largest absolute Gasteiger partial charge is 0.389 e. The van der Waals surface area contributed by atoms with Crippen LogP contribution in [-0.2, 0) is 11.3 Å². The van der Waals surface area contributed by atoms with E-state index in [1.165, 1.54) is 13.4 Å². The average Bonchev–Trinajstić information content (AvgIpc) is 3.31. The molecule has 0 bridgehead atoms. The van der Waals surface area contributed by atoms with E-state index in [-0.39, 0.29) is 17.1 Å². The number of nitrogens with one attached hydrogen (secondary N) is 2. The van der Waals surface area contributed by atoms with Gasteiger partial charge in [0.2, 0.25) is 11.2 Å². The first kappa shape index (κ1) is 22.1. The summed E-state index contributed by atoms with van der Waals surface area (Å²) in [4.78, 5) is 25.5. The highest BCUT2D eigenvalue weighted by molar-refractivity contribution is 14.1. The van der Waals surface area contributed by atoms with Crippen molar-refractivity contribution in [3.05, 3.63) is 44.0 Å². The zero-order chi connectivity index (χ0) is 22.8. The van der Waals surface area contributed by atoms with Gasteiger partial charge in [-0.25, -0.2) is 4.98 Å². The second kappa shape index (κ2) is 7.94. The first-order valence-corrected chi connectivity index (χ1v) is 11.8. The second-order valence-electron chi connectivity index (χ2n) is 8.11. The summed E-state index contributed by atoms with van der Waals surface area (Å²) in [7, 11) is 1.52. The van der Waals surface area contributed by atoms with Crippen LogP contribution in [0.1, 0.15) is 18.0 Å². The van der Waals surface area contributed by atoms with Crippen LogP contribution in [0.2, 0.25) is 10.3 Å². The number of aliphatic hydroxyl groups excluding tert-OH is 2. The van der Waals surface area contributed by atoms with Crippen molar-refractivity contribution < 1.29 is 15.0 Å². The fourth-order valence-electron chi connectivity index (χ4n) is 4.88. The molecule has 0 saturated heterocycles. The van der Waals surface area contributed by atoms with Gasteiger partial charge in [-0.1, -0.05) is 11.6 Å². The normalized spacial score (nSPS) is 28.6. The van der Waals surface area contributed by atoms with Gasteiger partial charge in [-0.3, -0.25) is 4.79 Å². The molecule has 2 saturated carbocycles. The lowest BCUT2D eigenvalue weighted by molar-refractivity contribution is -0.132. The fraction of sp³-hybridized carbons (Fsp3) is 0.400. The number of amides is 1. The molecule has 5 atom stereocenters. The maximum absolute atomic E-state index is 12.4. The number of imidazole rings is 1. The van der Waals surface area contributed by atoms with Crippen LogP contribution < -0.4 is 10.6 Å². The van der Waals surface area contributed by atoms with Crippen LogP contribution in [0.15, 0.2) is 24.5 Å². The summed E-state index contributed by atoms with van der Waals surface area (Å²) in [5.41, 5.74) is 0.783. The van der Waals surface area contributed by atoms with Gasteiger partial charge in [-0.15, -0.1) is 0 Å². The van der Waals surface area contributed by atoms with Gasteiger partial charge >= 0.3 is 0 Å². The van der Waals surface area contributed by atoms with E-state index < -0.39 is 23.7 Å². The predicted molar refractivity (Wildman–Crippen MR) is 127 cm³/mol. The fourth-order valence-corrected chi connectivity index (χ4v) is 5.78. The van der Waals surface area contributed by atoms with Crippen molar-refractivity contribution in [1.82, 2.24) is 24.8 Å². The molecule has 0 unspecified atom stereocenters. The lowest BCUT2D eigenvalue weighted by atomic mass is 9.98. The molecule has 2 heterocycles. The summed E-state index contributed by atoms with van der Waals surface area (Å²) in [6.45, 7) is 0.401. The van der Waals surface area contributed by atoms with Crippen LogP contribution in [-0.4, -0.2) is 54.9 Å². The lowest BCUT2D eigenvalue weighted by Gasteiger charge is -2.23. The molecule has 12 heteroatoms. The molecule has 2 aliphatic rings. The molecule has 1 aromatic carbocycles. The number of halogens is 3. The summed E-state index contributed by atoms with van der Waals surface area (Å²) in [6, 6.07) is 5.16. The Kier molecular flexibility index (Phi) is 5.48. The summed E-state index contributed by atoms with van der Waals surface area (Å²) in [5, 5.41) is 27.9. The number of hydrogen-bond donors (Lipinski definition) is 4. The van der Waals surface area contributed by atoms with Crippen LogP contribution in [0.25, 0.3) is 11.2 Å². The van der Waals surface area contributed by atoms with Gasteiger partial charge in [-0.2, -0.15) is 9.97 Å². The van der Waals surface area contributed by atoms with E-state index in [2.05, 4.69) is 48.2 Å². The minimum atomic E-state index is -1.17. The number of aromatic nitrogens is 4. The third-order valence-corrected chi connectivity index (χ3v) is 7.70. The Balaban J connectivity index is 1.49. The van der Waals surface area contributed by atoms with Crippen molar-refractivity contribution in [2.24, 2.45) is 11.3 Å². The van der Waals surface area contributed by atoms with E-state index in [0.29, 0.717) is 35.0 Å². The number of aliphatic hydroxyl groups is 2. The molecule has 3 aromatic rings. The summed E-state index contributed by atoms with van der Waals surface area (Å²) >= 11 is 14.7. The predicted octanol–water partition coefficient (Wildman–Crippen LogP) is 2.38. The molecular weight excluding hydrogens is 570 g/mol. The molecule has 0 spiro atoms. The highest BCUT2D eigenvalue weighted by Gasteiger charge is 2.75. The first-order chi connectivity index (χ1) is 15.3. The van der Waals surface area contributed by atoms with E-state index in [4.69, 9.17) is 23.2 Å². The summed E-state index contributed by atoms with van der Waals surface area (Å²) < 4.78 is 2.74. The molecule has 32 heavy (non-hydrogen) atoms. The molecular formula is C20H19Cl2IN6O3. The van der Waals surface area contributed by atoms with Crippen LogP contribution in [0.5, 0.6) is 0 Å². The quantitative estimate of drug-likeness (QED) is 0.266. The van der Waals surface area contributed by atoms with Crippen LogP contribution in [0.3, 0.4) is 0 Å². The minimum Gasteiger partial charge on any atom is -0.389 e. The van der Waals surface area contributed by atoms with Gasteiger partial charge in [0.1, 0.15) is 6.10 Å². The zero-order valence-corrected chi connectivity index (χ0v) is 20.4. The van der Waals surface area contributed by atoms with Gasteiger partial charge in [0.05, 0.1) is 23.9 Å². The Hall–Kier alpha value is -1.73. The van der Waals surface area contributed by atoms with E-state index in [0.717, 1.165) is 9.13 Å². The SMILES string of the molecule is CNC(=O)[C@@]12C[C@@H]1[C@H](n1cnc3c(NCc4cc(I)ccc4Cl)nc(Cl)nc31)[C@H](O)[C@@H]2O. The average molecular weight is 589 g/mol. The van der Waals surface area contributed by atoms with Gasteiger partial charge in [0.25, 0.3) is 0 Å². The smallest absolute Gasteiger partial charge is 0.229 e. The number of nitrogens with zero attached hydrogens (tertiary/aromatic N) is 4. The number of rotatable bonds is 5. The molecule has 2 fully saturated rings. The van der Waals surface area contributed by atoms with Crippen molar-refractivity contribution in [2.75, 3.05) is 12.4 Å². The number of benzene rings is 1. The summed E-state index contributed by atoms with van der Waals surface area (Å²) in [5.74, 6) is -0.0827. The van der Waals surface area contributed by atoms with E-state index >= 15 is 0 Å². The zero-order valence-electron chi connectivity index (χ0n) is 16.8. The van der Waals surface area contributed by atoms with E-state index in [1.807, 2.05) is 18.2 Å². The van der Waals surface area contributed by atoms with E-state index in [1.54, 1.807) is 4.57 Å². The molecule has 168 valence electrons. The van der Waals surface area contributed by atoms with Crippen molar-refractivity contribution in [3.63, 3.8) is 0 Å². The van der Waals surface area contributed by atoms with Crippen molar-refractivity contribution in [2.45, 2.75) is 31.2 Å². The van der Waals surface area contributed by atoms with Gasteiger partial charge in [0.15, 0.2) is 17.0 Å². The number of anilines is 1. The molecule has 4 N–H and O–H groups in total. The number of carbonyl (C=O) groups excluding carboxylic acids is 1. The third-order valence-electron chi connectivity index (χ3n) is 6.49. The number of hydrogen-bond acceptors (Lipinski definition) is 7. The Morgan fingerprint density at radius 3 is 2.88 bits per heavy atom. The Morgan fingerprint density at radius 2 is 2.12 bits per heavy atom. The monoisotopic (exact) mass is 588 g/mol. The molecule has 1 amide bonds. The minimum absolute atomic E-state index is 0.0110. The van der Waals surface area contributed by atoms with Crippen LogP contribution in [0, 0.1) is 14.9 Å². The molecule has 0 aliphatic heterocycles. The Labute approximate surface area is 206 Å². The maximum Gasteiger partial charge on any atom is 0.229 e. The number of carbonyl (C=O) groups is 1. The summed E-state index contributed by atoms with van der Waals surface area (Å²) in [6.07, 6.45) is -0.297. The lowest BCUT2D eigenvalue weighted by Crippen LogP contribution is -2.41. The van der Waals surface area contributed by atoms with Crippen molar-refractivity contribution in [1.29, 1.82) is 0 Å². The van der Waals surface area contributed by atoms with Gasteiger partial charge < -0.3 is 25.4 Å². The van der Waals surface area contributed by atoms with Crippen molar-refractivity contribution >= 4 is 68.7 Å². The van der Waals surface area contributed by atoms with Crippen molar-refractivity contribution in [3.8, 4) is 0 Å². The molecule has 5 rings (SSSR count). The number of fused-ring (bicyclic) bond motifs is 2. The maximum atomic E-state index is 12.4. The molecule has 2 aliphatic carbocycles. The second-order valence-corrected chi connectivity index (χ2v) is 10.1. The standard InChI is InChI=1S/C20H19Cl2IN6O3/c1-24-18(32)20-5-10(20)13(14(30)15(20)31)29-7-26-12-16(27-19(22)28-17(12)29)25-6-8-4-9(23)2-3-11(8)21/h2-4,7,10,13-15,30-31H,5-6H2,1H3,(H,24,32)(H,25,27,28)/t10-,13+,14+,15+,20+/m1/s1. The van der Waals surface area contributed by atoms with Gasteiger partial charge in [0, 0.05) is 28.1 Å². The highest BCUT2D eigenvalue weighted by atomic mass is 127. The molecule has 0 radical (unpaired) electrons. The van der Waals surface area contributed by atoms with Gasteiger partial charge in [-0.05, 0) is 64.4 Å². The molecule has 9 nitrogen and oxygen atoms in total. The third kappa shape index (κ3) is 3.26. The highest BCUT2D eigenvalue weighted by Crippen LogP contribution is 2.67. The first-order valence-electron chi connectivity index (χ1n) is 9.94. The van der Waals surface area contributed by atoms with Crippen LogP contribution >= 0.6 is 45.8 Å². The van der Waals surface area contributed by atoms with Crippen LogP contribution in [0.4, 0.5) is 5.82 Å². The molecule has 2 aromatic heterocycles. The van der Waals surface area contributed by atoms with E-state index in [9.17, 15) is 15.0 Å². The Morgan fingerprint density at radius 1 is 1.34 bits per heavy atom.